The zero-order chi connectivity index (χ0) is 30.2. The Morgan fingerprint density at radius 3 is 2.15 bits per heavy atom. The van der Waals surface area contributed by atoms with Crippen LogP contribution in [0.2, 0.25) is 56.4 Å². The zero-order valence-electron chi connectivity index (χ0n) is 25.7. The van der Waals surface area contributed by atoms with Crippen LogP contribution >= 0.6 is 11.6 Å². The van der Waals surface area contributed by atoms with Crippen molar-refractivity contribution < 1.29 is 38.0 Å². The van der Waals surface area contributed by atoms with Crippen LogP contribution in [0.4, 0.5) is 0 Å². The fourth-order valence-electron chi connectivity index (χ4n) is 4.32. The highest BCUT2D eigenvalue weighted by Crippen LogP contribution is 2.39. The summed E-state index contributed by atoms with van der Waals surface area (Å²) in [5.41, 5.74) is 0.405. The van der Waals surface area contributed by atoms with Gasteiger partial charge < -0.3 is 28.4 Å². The summed E-state index contributed by atoms with van der Waals surface area (Å²) in [4.78, 5) is 26.6. The minimum atomic E-state index is -1.29. The van der Waals surface area contributed by atoms with Crippen molar-refractivity contribution in [2.24, 2.45) is 0 Å². The third-order valence-corrected chi connectivity index (χ3v) is 10.7. The lowest BCUT2D eigenvalue weighted by Gasteiger charge is -2.21. The van der Waals surface area contributed by atoms with Gasteiger partial charge in [0.25, 0.3) is 0 Å². The predicted molar refractivity (Wildman–Crippen MR) is 166 cm³/mol. The molecule has 0 unspecified atom stereocenters. The maximum absolute atomic E-state index is 13.6. The van der Waals surface area contributed by atoms with E-state index in [1.54, 1.807) is 6.07 Å². The van der Waals surface area contributed by atoms with Crippen LogP contribution in [0.5, 0.6) is 11.5 Å². The van der Waals surface area contributed by atoms with Gasteiger partial charge in [0.15, 0.2) is 19.4 Å². The Kier molecular flexibility index (Phi) is 12.5. The van der Waals surface area contributed by atoms with Crippen LogP contribution in [0.25, 0.3) is 0 Å². The number of esters is 1. The van der Waals surface area contributed by atoms with E-state index < -0.39 is 28.2 Å². The summed E-state index contributed by atoms with van der Waals surface area (Å²) >= 11 is 6.81. The van der Waals surface area contributed by atoms with Crippen LogP contribution in [0.15, 0.2) is 18.2 Å². The van der Waals surface area contributed by atoms with Gasteiger partial charge >= 0.3 is 5.97 Å². The molecule has 3 rings (SSSR count). The lowest BCUT2D eigenvalue weighted by atomic mass is 9.99. The van der Waals surface area contributed by atoms with Gasteiger partial charge in [0.1, 0.15) is 23.2 Å². The van der Waals surface area contributed by atoms with Gasteiger partial charge in [0.2, 0.25) is 0 Å². The molecule has 0 aromatic heterocycles. The van der Waals surface area contributed by atoms with E-state index in [1.807, 2.05) is 13.0 Å². The first-order chi connectivity index (χ1) is 19.2. The van der Waals surface area contributed by atoms with Crippen molar-refractivity contribution in [3.05, 3.63) is 34.4 Å². The Hall–Kier alpha value is -1.70. The van der Waals surface area contributed by atoms with Crippen molar-refractivity contribution in [2.45, 2.75) is 102 Å². The molecule has 0 spiro atoms. The summed E-state index contributed by atoms with van der Waals surface area (Å²) in [5, 5.41) is 0.157. The van der Waals surface area contributed by atoms with Gasteiger partial charge in [0, 0.05) is 53.8 Å². The SMILES string of the molecule is C[C@@H]1C[C@H]2O[C@@H]2CC/C=C/C(=O)Cc2c(Cl)c(OCOCC[Si](C)(C)C)cc(OCOCC[Si](C)(C)C)c2C(=O)O1. The molecule has 0 N–H and O–H groups in total. The fourth-order valence-corrected chi connectivity index (χ4v) is 6.10. The van der Waals surface area contributed by atoms with Crippen molar-refractivity contribution in [3.63, 3.8) is 0 Å². The number of carbonyl (C=O) groups excluding carboxylic acids is 2. The number of ketones is 1. The number of halogens is 1. The van der Waals surface area contributed by atoms with Gasteiger partial charge in [-0.25, -0.2) is 4.79 Å². The number of fused-ring (bicyclic) bond motifs is 2. The fraction of sp³-hybridized carbons (Fsp3) is 0.667. The molecule has 8 nitrogen and oxygen atoms in total. The molecule has 1 aromatic rings. The van der Waals surface area contributed by atoms with E-state index in [1.165, 1.54) is 6.08 Å². The molecule has 230 valence electrons. The number of ether oxygens (including phenoxy) is 6. The van der Waals surface area contributed by atoms with Gasteiger partial charge in [-0.3, -0.25) is 4.79 Å². The zero-order valence-corrected chi connectivity index (χ0v) is 28.4. The van der Waals surface area contributed by atoms with Gasteiger partial charge in [-0.1, -0.05) is 57.0 Å². The van der Waals surface area contributed by atoms with E-state index in [-0.39, 0.29) is 60.1 Å². The average molecular weight is 627 g/mol. The van der Waals surface area contributed by atoms with E-state index in [9.17, 15) is 9.59 Å². The molecule has 3 atom stereocenters. The first-order valence-corrected chi connectivity index (χ1v) is 22.3. The molecule has 1 saturated heterocycles. The third kappa shape index (κ3) is 11.8. The number of carbonyl (C=O) groups is 2. The Labute approximate surface area is 252 Å². The molecular weight excluding hydrogens is 580 g/mol. The predicted octanol–water partition coefficient (Wildman–Crippen LogP) is 6.89. The van der Waals surface area contributed by atoms with Crippen LogP contribution in [-0.4, -0.2) is 73.0 Å². The summed E-state index contributed by atoms with van der Waals surface area (Å²) in [5.74, 6) is -0.352. The molecule has 41 heavy (non-hydrogen) atoms. The second-order valence-electron chi connectivity index (χ2n) is 13.3. The molecule has 1 fully saturated rings. The number of epoxide rings is 1. The average Bonchev–Trinajstić information content (AvgIpc) is 3.58. The quantitative estimate of drug-likeness (QED) is 0.0814. The largest absolute Gasteiger partial charge is 0.466 e. The summed E-state index contributed by atoms with van der Waals surface area (Å²) in [6.45, 7) is 16.5. The van der Waals surface area contributed by atoms with Crippen LogP contribution in [-0.2, 0) is 30.2 Å². The van der Waals surface area contributed by atoms with Crippen LogP contribution in [0.3, 0.4) is 0 Å². The molecule has 2 aliphatic heterocycles. The number of cyclic esters (lactones) is 1. The topological polar surface area (TPSA) is 92.8 Å². The summed E-state index contributed by atoms with van der Waals surface area (Å²) < 4.78 is 34.9. The third-order valence-electron chi connectivity index (χ3n) is 6.92. The highest BCUT2D eigenvalue weighted by Gasteiger charge is 2.40. The van der Waals surface area contributed by atoms with Crippen LogP contribution in [0, 0.1) is 0 Å². The standard InChI is InChI=1S/C30H47ClO8Si2/c1-21-16-25-24(39-25)11-9-8-10-22(32)17-23-28(30(33)38-21)26(36-19-34-12-14-40(2,3)4)18-27(29(23)31)37-20-35-13-15-41(5,6)7/h8,10,18,21,24-25H,9,11-17,19-20H2,1-7H3/b10-8+/t21-,24-,25-/m1/s1. The van der Waals surface area contributed by atoms with Gasteiger partial charge in [-0.05, 0) is 37.9 Å². The molecule has 0 bridgehead atoms. The smallest absolute Gasteiger partial charge is 0.342 e. The highest BCUT2D eigenvalue weighted by molar-refractivity contribution is 6.76. The van der Waals surface area contributed by atoms with Crippen molar-refractivity contribution in [1.82, 2.24) is 0 Å². The van der Waals surface area contributed by atoms with Gasteiger partial charge in [-0.15, -0.1) is 0 Å². The minimum absolute atomic E-state index is 0.0208. The highest BCUT2D eigenvalue weighted by atomic mass is 35.5. The number of hydrogen-bond acceptors (Lipinski definition) is 8. The number of hydrogen-bond donors (Lipinski definition) is 0. The van der Waals surface area contributed by atoms with E-state index >= 15 is 0 Å². The van der Waals surface area contributed by atoms with E-state index in [0.29, 0.717) is 25.2 Å². The molecule has 0 radical (unpaired) electrons. The van der Waals surface area contributed by atoms with E-state index in [0.717, 1.165) is 24.9 Å². The molecule has 1 aromatic carbocycles. The Balaban J connectivity index is 1.89. The van der Waals surface area contributed by atoms with Crippen molar-refractivity contribution in [1.29, 1.82) is 0 Å². The molecule has 11 heteroatoms. The Morgan fingerprint density at radius 2 is 1.54 bits per heavy atom. The molecule has 0 amide bonds. The summed E-state index contributed by atoms with van der Waals surface area (Å²) in [6.07, 6.45) is 5.17. The number of rotatable bonds is 12. The molecule has 0 aliphatic carbocycles. The van der Waals surface area contributed by atoms with Gasteiger partial charge in [-0.2, -0.15) is 0 Å². The van der Waals surface area contributed by atoms with E-state index in [2.05, 4.69) is 39.3 Å². The number of allylic oxidation sites excluding steroid dienone is 2. The number of benzene rings is 1. The Morgan fingerprint density at radius 1 is 0.927 bits per heavy atom. The second kappa shape index (κ2) is 15.2. The molecule has 2 heterocycles. The van der Waals surface area contributed by atoms with Crippen LogP contribution in [0.1, 0.15) is 42.1 Å². The first kappa shape index (κ1) is 33.8. The minimum Gasteiger partial charge on any atom is -0.466 e. The first-order valence-electron chi connectivity index (χ1n) is 14.6. The summed E-state index contributed by atoms with van der Waals surface area (Å²) in [6, 6.07) is 3.53. The van der Waals surface area contributed by atoms with Gasteiger partial charge in [0.05, 0.1) is 17.2 Å². The molecule has 0 saturated carbocycles. The maximum Gasteiger partial charge on any atom is 0.342 e. The summed E-state index contributed by atoms with van der Waals surface area (Å²) in [7, 11) is -2.54. The van der Waals surface area contributed by atoms with Crippen molar-refractivity contribution in [3.8, 4) is 11.5 Å². The van der Waals surface area contributed by atoms with E-state index in [4.69, 9.17) is 40.0 Å². The molecular formula is C30H47ClO8Si2. The second-order valence-corrected chi connectivity index (χ2v) is 24.9. The van der Waals surface area contributed by atoms with Crippen molar-refractivity contribution in [2.75, 3.05) is 26.8 Å². The van der Waals surface area contributed by atoms with Crippen molar-refractivity contribution >= 4 is 39.5 Å². The normalized spacial score (nSPS) is 22.7. The lowest BCUT2D eigenvalue weighted by Crippen LogP contribution is -2.23. The Bertz CT molecular complexity index is 1080. The lowest BCUT2D eigenvalue weighted by molar-refractivity contribution is -0.114. The monoisotopic (exact) mass is 626 g/mol. The molecule has 2 aliphatic rings. The maximum atomic E-state index is 13.6. The van der Waals surface area contributed by atoms with Crippen LogP contribution < -0.4 is 9.47 Å².